The molecule has 4 nitrogen and oxygen atoms in total. The molecule has 1 saturated carbocycles. The SMILES string of the molecule is COc1cccc(OC)c1C(=O)[P+](=O)C1CCCCC1. The number of carbonyl (C=O) groups excluding carboxylic acids is 1. The van der Waals surface area contributed by atoms with Crippen molar-refractivity contribution in [1.29, 1.82) is 0 Å². The Bertz CT molecular complexity index is 484. The molecular formula is C15H20O4P+. The molecule has 5 heteroatoms. The average molecular weight is 295 g/mol. The molecule has 108 valence electrons. The summed E-state index contributed by atoms with van der Waals surface area (Å²) >= 11 is 0. The van der Waals surface area contributed by atoms with Gasteiger partial charge in [-0.15, -0.1) is 0 Å². The molecule has 20 heavy (non-hydrogen) atoms. The van der Waals surface area contributed by atoms with Crippen molar-refractivity contribution in [3.05, 3.63) is 23.8 Å². The molecule has 0 aliphatic heterocycles. The third kappa shape index (κ3) is 3.01. The van der Waals surface area contributed by atoms with Gasteiger partial charge in [-0.1, -0.05) is 17.1 Å². The van der Waals surface area contributed by atoms with Crippen LogP contribution in [0.2, 0.25) is 0 Å². The van der Waals surface area contributed by atoms with E-state index in [0.717, 1.165) is 25.7 Å². The molecule has 1 atom stereocenters. The Balaban J connectivity index is 2.30. The normalized spacial score (nSPS) is 16.6. The Kier molecular flexibility index (Phi) is 5.13. The van der Waals surface area contributed by atoms with Crippen LogP contribution in [0.3, 0.4) is 0 Å². The van der Waals surface area contributed by atoms with Crippen LogP contribution in [0.25, 0.3) is 0 Å². The Hall–Kier alpha value is -1.41. The molecule has 1 unspecified atom stereocenters. The number of benzene rings is 1. The zero-order valence-electron chi connectivity index (χ0n) is 11.9. The molecule has 0 radical (unpaired) electrons. The number of carbonyl (C=O) groups is 1. The van der Waals surface area contributed by atoms with Gasteiger partial charge in [0.05, 0.1) is 14.2 Å². The van der Waals surface area contributed by atoms with Gasteiger partial charge in [0.1, 0.15) is 11.5 Å². The highest BCUT2D eigenvalue weighted by Crippen LogP contribution is 2.44. The third-order valence-corrected chi connectivity index (χ3v) is 5.55. The van der Waals surface area contributed by atoms with E-state index in [4.69, 9.17) is 9.47 Å². The van der Waals surface area contributed by atoms with Gasteiger partial charge >= 0.3 is 13.3 Å². The molecule has 0 saturated heterocycles. The molecule has 1 aliphatic carbocycles. The van der Waals surface area contributed by atoms with Gasteiger partial charge in [0.2, 0.25) is 0 Å². The van der Waals surface area contributed by atoms with Crippen molar-refractivity contribution in [3.63, 3.8) is 0 Å². The Morgan fingerprint density at radius 1 is 1.10 bits per heavy atom. The van der Waals surface area contributed by atoms with Crippen LogP contribution in [-0.2, 0) is 4.57 Å². The summed E-state index contributed by atoms with van der Waals surface area (Å²) in [4.78, 5) is 12.6. The van der Waals surface area contributed by atoms with E-state index in [-0.39, 0.29) is 11.2 Å². The van der Waals surface area contributed by atoms with Crippen LogP contribution < -0.4 is 9.47 Å². The zero-order valence-corrected chi connectivity index (χ0v) is 12.8. The maximum absolute atomic E-state index is 12.6. The van der Waals surface area contributed by atoms with E-state index in [0.29, 0.717) is 17.1 Å². The van der Waals surface area contributed by atoms with Crippen molar-refractivity contribution in [1.82, 2.24) is 0 Å². The summed E-state index contributed by atoms with van der Waals surface area (Å²) in [7, 11) is 1.07. The molecule has 2 rings (SSSR count). The lowest BCUT2D eigenvalue weighted by Crippen LogP contribution is -2.12. The zero-order chi connectivity index (χ0) is 14.5. The van der Waals surface area contributed by atoms with E-state index < -0.39 is 7.80 Å². The first kappa shape index (κ1) is 15.0. The van der Waals surface area contributed by atoms with E-state index in [9.17, 15) is 9.36 Å². The molecule has 0 N–H and O–H groups in total. The van der Waals surface area contributed by atoms with Gasteiger partial charge in [0.15, 0.2) is 11.2 Å². The predicted molar refractivity (Wildman–Crippen MR) is 78.4 cm³/mol. The van der Waals surface area contributed by atoms with Crippen LogP contribution in [0.5, 0.6) is 11.5 Å². The standard InChI is InChI=1S/C15H20O4P/c1-18-12-9-6-10-13(19-2)14(12)15(16)20(17)11-7-4-3-5-8-11/h6,9-11H,3-5,7-8H2,1-2H3/q+1. The summed E-state index contributed by atoms with van der Waals surface area (Å²) in [5.41, 5.74) is -0.0359. The van der Waals surface area contributed by atoms with Crippen LogP contribution in [0, 0.1) is 0 Å². The number of hydrogen-bond donors (Lipinski definition) is 0. The highest BCUT2D eigenvalue weighted by Gasteiger charge is 2.42. The average Bonchev–Trinajstić information content (AvgIpc) is 2.53. The van der Waals surface area contributed by atoms with Crippen molar-refractivity contribution in [2.45, 2.75) is 37.8 Å². The number of rotatable bonds is 5. The van der Waals surface area contributed by atoms with Gasteiger partial charge in [-0.25, -0.2) is 4.79 Å². The van der Waals surface area contributed by atoms with E-state index in [1.165, 1.54) is 20.6 Å². The van der Waals surface area contributed by atoms with Gasteiger partial charge in [0, 0.05) is 0 Å². The molecule has 0 amide bonds. The first-order valence-corrected chi connectivity index (χ1v) is 8.23. The maximum Gasteiger partial charge on any atom is 0.423 e. The fourth-order valence-electron chi connectivity index (χ4n) is 2.65. The summed E-state index contributed by atoms with van der Waals surface area (Å²) in [6, 6.07) is 5.14. The van der Waals surface area contributed by atoms with Gasteiger partial charge < -0.3 is 9.47 Å². The number of hydrogen-bond acceptors (Lipinski definition) is 4. The number of ether oxygens (including phenoxy) is 2. The second kappa shape index (κ2) is 6.85. The van der Waals surface area contributed by atoms with Gasteiger partial charge in [0.25, 0.3) is 0 Å². The fourth-order valence-corrected chi connectivity index (χ4v) is 4.26. The minimum atomic E-state index is -1.93. The van der Waals surface area contributed by atoms with Crippen LogP contribution in [-0.4, -0.2) is 25.4 Å². The first-order valence-electron chi connectivity index (χ1n) is 6.90. The maximum atomic E-state index is 12.6. The minimum Gasteiger partial charge on any atom is -0.496 e. The smallest absolute Gasteiger partial charge is 0.423 e. The summed E-state index contributed by atoms with van der Waals surface area (Å²) in [6.07, 6.45) is 5.03. The first-order chi connectivity index (χ1) is 9.69. The topological polar surface area (TPSA) is 52.6 Å². The highest BCUT2D eigenvalue weighted by atomic mass is 31.1. The van der Waals surface area contributed by atoms with E-state index in [1.807, 2.05) is 0 Å². The van der Waals surface area contributed by atoms with Crippen LogP contribution in [0.15, 0.2) is 18.2 Å². The summed E-state index contributed by atoms with van der Waals surface area (Å²) in [6.45, 7) is 0. The fraction of sp³-hybridized carbons (Fsp3) is 0.533. The van der Waals surface area contributed by atoms with E-state index >= 15 is 0 Å². The van der Waals surface area contributed by atoms with Crippen molar-refractivity contribution in [3.8, 4) is 11.5 Å². The Morgan fingerprint density at radius 2 is 1.65 bits per heavy atom. The predicted octanol–water partition coefficient (Wildman–Crippen LogP) is 4.00. The van der Waals surface area contributed by atoms with Crippen LogP contribution in [0.4, 0.5) is 0 Å². The Labute approximate surface area is 120 Å². The molecule has 1 fully saturated rings. The van der Waals surface area contributed by atoms with Crippen molar-refractivity contribution < 1.29 is 18.8 Å². The second-order valence-corrected chi connectivity index (χ2v) is 6.75. The van der Waals surface area contributed by atoms with Gasteiger partial charge in [-0.3, -0.25) is 0 Å². The van der Waals surface area contributed by atoms with Crippen LogP contribution in [0.1, 0.15) is 42.5 Å². The van der Waals surface area contributed by atoms with Crippen molar-refractivity contribution in [2.24, 2.45) is 0 Å². The van der Waals surface area contributed by atoms with Crippen molar-refractivity contribution in [2.75, 3.05) is 14.2 Å². The summed E-state index contributed by atoms with van der Waals surface area (Å²) < 4.78 is 23.0. The minimum absolute atomic E-state index is 0.000804. The quantitative estimate of drug-likeness (QED) is 0.770. The molecule has 1 aliphatic rings. The molecule has 0 spiro atoms. The lowest BCUT2D eigenvalue weighted by Gasteiger charge is -2.13. The summed E-state index contributed by atoms with van der Waals surface area (Å²) in [5.74, 6) is 0.849. The molecular weight excluding hydrogens is 275 g/mol. The monoisotopic (exact) mass is 295 g/mol. The van der Waals surface area contributed by atoms with Crippen molar-refractivity contribution >= 4 is 13.3 Å². The van der Waals surface area contributed by atoms with E-state index in [2.05, 4.69) is 0 Å². The lowest BCUT2D eigenvalue weighted by atomic mass is 10.0. The van der Waals surface area contributed by atoms with E-state index in [1.54, 1.807) is 18.2 Å². The lowest BCUT2D eigenvalue weighted by molar-refractivity contribution is 0.107. The molecule has 1 aromatic rings. The molecule has 0 aromatic heterocycles. The van der Waals surface area contributed by atoms with Gasteiger partial charge in [-0.2, -0.15) is 0 Å². The largest absolute Gasteiger partial charge is 0.496 e. The third-order valence-electron chi connectivity index (χ3n) is 3.75. The molecule has 0 bridgehead atoms. The van der Waals surface area contributed by atoms with Crippen LogP contribution >= 0.6 is 7.80 Å². The summed E-state index contributed by atoms with van der Waals surface area (Å²) in [5, 5.41) is 0. The number of methoxy groups -OCH3 is 2. The molecule has 1 aromatic carbocycles. The Morgan fingerprint density at radius 3 is 2.15 bits per heavy atom. The molecule has 0 heterocycles. The highest BCUT2D eigenvalue weighted by molar-refractivity contribution is 7.65. The van der Waals surface area contributed by atoms with Gasteiger partial charge in [-0.05, 0) is 37.8 Å². The second-order valence-electron chi connectivity index (χ2n) is 4.96.